The fraction of sp³-hybridized carbons (Fsp3) is 0.455. The molecule has 0 amide bonds. The monoisotopic (exact) mass is 289 g/mol. The number of hydrogen-bond donors (Lipinski definition) is 1. The van der Waals surface area contributed by atoms with Crippen molar-refractivity contribution in [2.75, 3.05) is 19.0 Å². The third-order valence-electron chi connectivity index (χ3n) is 2.35. The molecule has 0 aliphatic rings. The summed E-state index contributed by atoms with van der Waals surface area (Å²) in [5.41, 5.74) is -0.382. The summed E-state index contributed by atoms with van der Waals surface area (Å²) in [6.07, 6.45) is 0.0661. The molecule has 0 radical (unpaired) electrons. The summed E-state index contributed by atoms with van der Waals surface area (Å²) < 4.78 is 29.2. The number of benzene rings is 1. The van der Waals surface area contributed by atoms with E-state index in [-0.39, 0.29) is 41.7 Å². The highest BCUT2D eigenvalue weighted by atomic mass is 32.2. The van der Waals surface area contributed by atoms with Crippen molar-refractivity contribution in [3.8, 4) is 5.75 Å². The summed E-state index contributed by atoms with van der Waals surface area (Å²) in [7, 11) is -3.72. The molecule has 0 spiro atoms. The second-order valence-corrected chi connectivity index (χ2v) is 5.77. The maximum Gasteiger partial charge on any atom is 0.312 e. The topological polar surface area (TPSA) is 107 Å². The van der Waals surface area contributed by atoms with Crippen molar-refractivity contribution in [2.45, 2.75) is 18.2 Å². The summed E-state index contributed by atoms with van der Waals surface area (Å²) in [6, 6.07) is 3.76. The average Bonchev–Trinajstić information content (AvgIpc) is 2.36. The molecule has 0 bridgehead atoms. The molecule has 7 nitrogen and oxygen atoms in total. The first-order valence-corrected chi connectivity index (χ1v) is 7.33. The van der Waals surface area contributed by atoms with E-state index in [2.05, 4.69) is 0 Å². The van der Waals surface area contributed by atoms with Gasteiger partial charge in [-0.15, -0.1) is 0 Å². The maximum absolute atomic E-state index is 12.0. The zero-order chi connectivity index (χ0) is 14.5. The molecule has 0 fully saturated rings. The van der Waals surface area contributed by atoms with Crippen LogP contribution in [0.5, 0.6) is 5.75 Å². The van der Waals surface area contributed by atoms with Crippen molar-refractivity contribution in [2.24, 2.45) is 0 Å². The largest absolute Gasteiger partial charge is 0.486 e. The number of para-hydroxylation sites is 1. The SMILES string of the molecule is CCOc1c([N+](=O)[O-])cccc1S(=O)(=O)CCCO. The summed E-state index contributed by atoms with van der Waals surface area (Å²) in [5, 5.41) is 19.6. The molecule has 1 rings (SSSR count). The van der Waals surface area contributed by atoms with Crippen LogP contribution in [0.1, 0.15) is 13.3 Å². The first-order valence-electron chi connectivity index (χ1n) is 5.68. The van der Waals surface area contributed by atoms with Gasteiger partial charge in [0.25, 0.3) is 0 Å². The van der Waals surface area contributed by atoms with Gasteiger partial charge in [-0.3, -0.25) is 10.1 Å². The summed E-state index contributed by atoms with van der Waals surface area (Å²) in [4.78, 5) is 9.98. The molecule has 19 heavy (non-hydrogen) atoms. The van der Waals surface area contributed by atoms with E-state index in [0.29, 0.717) is 0 Å². The van der Waals surface area contributed by atoms with Crippen molar-refractivity contribution in [1.29, 1.82) is 0 Å². The molecule has 0 saturated heterocycles. The van der Waals surface area contributed by atoms with Crippen molar-refractivity contribution in [3.63, 3.8) is 0 Å². The lowest BCUT2D eigenvalue weighted by Gasteiger charge is -2.10. The number of ether oxygens (including phenoxy) is 1. The van der Waals surface area contributed by atoms with Crippen molar-refractivity contribution in [3.05, 3.63) is 28.3 Å². The standard InChI is InChI=1S/C11H15NO6S/c1-2-18-11-9(12(14)15)5-3-6-10(11)19(16,17)8-4-7-13/h3,5-6,13H,2,4,7-8H2,1H3. The number of sulfone groups is 1. The highest BCUT2D eigenvalue weighted by Crippen LogP contribution is 2.34. The normalized spacial score (nSPS) is 11.3. The van der Waals surface area contributed by atoms with Gasteiger partial charge < -0.3 is 9.84 Å². The Kier molecular flexibility index (Phi) is 5.25. The second-order valence-electron chi connectivity index (χ2n) is 3.69. The van der Waals surface area contributed by atoms with E-state index in [4.69, 9.17) is 9.84 Å². The summed E-state index contributed by atoms with van der Waals surface area (Å²) in [5.74, 6) is -0.530. The fourth-order valence-corrected chi connectivity index (χ4v) is 3.01. The molecule has 0 saturated carbocycles. The molecule has 0 aliphatic carbocycles. The second kappa shape index (κ2) is 6.48. The Bertz CT molecular complexity index is 554. The first kappa shape index (κ1) is 15.4. The Morgan fingerprint density at radius 1 is 1.42 bits per heavy atom. The van der Waals surface area contributed by atoms with E-state index < -0.39 is 14.8 Å². The minimum Gasteiger partial charge on any atom is -0.486 e. The number of hydrogen-bond acceptors (Lipinski definition) is 6. The van der Waals surface area contributed by atoms with E-state index in [1.165, 1.54) is 18.2 Å². The number of rotatable bonds is 7. The highest BCUT2D eigenvalue weighted by Gasteiger charge is 2.26. The van der Waals surface area contributed by atoms with Crippen LogP contribution in [0.25, 0.3) is 0 Å². The van der Waals surface area contributed by atoms with Crippen LogP contribution in [0, 0.1) is 10.1 Å². The van der Waals surface area contributed by atoms with E-state index in [9.17, 15) is 18.5 Å². The Morgan fingerprint density at radius 3 is 2.63 bits per heavy atom. The van der Waals surface area contributed by atoms with Crippen LogP contribution >= 0.6 is 0 Å². The van der Waals surface area contributed by atoms with Crippen LogP contribution in [0.2, 0.25) is 0 Å². The highest BCUT2D eigenvalue weighted by molar-refractivity contribution is 7.91. The zero-order valence-electron chi connectivity index (χ0n) is 10.4. The molecule has 106 valence electrons. The molecule has 0 heterocycles. The molecule has 0 unspecified atom stereocenters. The third-order valence-corrected chi connectivity index (χ3v) is 4.17. The predicted octanol–water partition coefficient (Wildman–Crippen LogP) is 1.15. The quantitative estimate of drug-likeness (QED) is 0.596. The van der Waals surface area contributed by atoms with Crippen LogP contribution in [0.4, 0.5) is 5.69 Å². The van der Waals surface area contributed by atoms with Gasteiger partial charge in [0, 0.05) is 12.7 Å². The van der Waals surface area contributed by atoms with E-state index in [1.807, 2.05) is 0 Å². The number of nitro benzene ring substituents is 1. The van der Waals surface area contributed by atoms with Gasteiger partial charge in [-0.25, -0.2) is 8.42 Å². The van der Waals surface area contributed by atoms with Gasteiger partial charge in [0.05, 0.1) is 17.3 Å². The molecule has 0 atom stereocenters. The van der Waals surface area contributed by atoms with Gasteiger partial charge in [0.15, 0.2) is 9.84 Å². The Morgan fingerprint density at radius 2 is 2.11 bits per heavy atom. The number of aliphatic hydroxyl groups excluding tert-OH is 1. The molecular formula is C11H15NO6S. The van der Waals surface area contributed by atoms with Crippen LogP contribution in [-0.2, 0) is 9.84 Å². The molecule has 1 N–H and O–H groups in total. The van der Waals surface area contributed by atoms with Crippen LogP contribution in [0.15, 0.2) is 23.1 Å². The Hall–Kier alpha value is -1.67. The Labute approximate surface area is 110 Å². The van der Waals surface area contributed by atoms with Gasteiger partial charge >= 0.3 is 5.69 Å². The van der Waals surface area contributed by atoms with Crippen LogP contribution in [-0.4, -0.2) is 37.4 Å². The van der Waals surface area contributed by atoms with Gasteiger partial charge in [-0.1, -0.05) is 6.07 Å². The summed E-state index contributed by atoms with van der Waals surface area (Å²) in [6.45, 7) is 1.46. The van der Waals surface area contributed by atoms with Crippen molar-refractivity contribution >= 4 is 15.5 Å². The lowest BCUT2D eigenvalue weighted by Crippen LogP contribution is -2.11. The Balaban J connectivity index is 3.34. The van der Waals surface area contributed by atoms with Crippen LogP contribution < -0.4 is 4.74 Å². The van der Waals surface area contributed by atoms with Gasteiger partial charge in [0.1, 0.15) is 4.90 Å². The molecular weight excluding hydrogens is 274 g/mol. The van der Waals surface area contributed by atoms with Crippen molar-refractivity contribution in [1.82, 2.24) is 0 Å². The number of nitro groups is 1. The molecule has 1 aromatic rings. The maximum atomic E-state index is 12.0. The van der Waals surface area contributed by atoms with Gasteiger partial charge in [-0.05, 0) is 19.4 Å². The minimum absolute atomic E-state index is 0.0661. The summed E-state index contributed by atoms with van der Waals surface area (Å²) >= 11 is 0. The van der Waals surface area contributed by atoms with E-state index in [1.54, 1.807) is 6.92 Å². The molecule has 1 aromatic carbocycles. The van der Waals surface area contributed by atoms with E-state index >= 15 is 0 Å². The smallest absolute Gasteiger partial charge is 0.312 e. The lowest BCUT2D eigenvalue weighted by molar-refractivity contribution is -0.386. The minimum atomic E-state index is -3.72. The number of aliphatic hydroxyl groups is 1. The lowest BCUT2D eigenvalue weighted by atomic mass is 10.3. The van der Waals surface area contributed by atoms with Gasteiger partial charge in [-0.2, -0.15) is 0 Å². The zero-order valence-corrected chi connectivity index (χ0v) is 11.2. The van der Waals surface area contributed by atoms with E-state index in [0.717, 1.165) is 0 Å². The van der Waals surface area contributed by atoms with Crippen LogP contribution in [0.3, 0.4) is 0 Å². The molecule has 0 aromatic heterocycles. The molecule has 8 heteroatoms. The number of nitrogens with zero attached hydrogens (tertiary/aromatic N) is 1. The van der Waals surface area contributed by atoms with Gasteiger partial charge in [0.2, 0.25) is 5.75 Å². The van der Waals surface area contributed by atoms with Crippen molar-refractivity contribution < 1.29 is 23.2 Å². The fourth-order valence-electron chi connectivity index (χ4n) is 1.55. The predicted molar refractivity (Wildman–Crippen MR) is 68.0 cm³/mol. The average molecular weight is 289 g/mol. The first-order chi connectivity index (χ1) is 8.94. The third kappa shape index (κ3) is 3.65. The molecule has 0 aliphatic heterocycles.